The fourth-order valence-corrected chi connectivity index (χ4v) is 3.15. The van der Waals surface area contributed by atoms with Gasteiger partial charge in [-0.15, -0.1) is 10.2 Å². The molecule has 1 amide bonds. The van der Waals surface area contributed by atoms with Crippen molar-refractivity contribution in [1.82, 2.24) is 19.9 Å². The largest absolute Gasteiger partial charge is 0.348 e. The zero-order valence-electron chi connectivity index (χ0n) is 13.3. The Hall–Kier alpha value is -2.28. The van der Waals surface area contributed by atoms with Gasteiger partial charge in [0.2, 0.25) is 0 Å². The summed E-state index contributed by atoms with van der Waals surface area (Å²) in [7, 11) is 0. The molecule has 1 unspecified atom stereocenters. The van der Waals surface area contributed by atoms with E-state index >= 15 is 0 Å². The second-order valence-electron chi connectivity index (χ2n) is 5.57. The number of hydrogen-bond acceptors (Lipinski definition) is 3. The summed E-state index contributed by atoms with van der Waals surface area (Å²) in [6, 6.07) is 7.16. The van der Waals surface area contributed by atoms with Gasteiger partial charge in [0.25, 0.3) is 5.91 Å². The number of nitrogens with one attached hydrogen (secondary N) is 1. The van der Waals surface area contributed by atoms with E-state index in [0.29, 0.717) is 27.8 Å². The molecule has 0 fully saturated rings. The third-order valence-corrected chi connectivity index (χ3v) is 4.55. The lowest BCUT2D eigenvalue weighted by molar-refractivity contribution is 0.0950. The summed E-state index contributed by atoms with van der Waals surface area (Å²) in [6.07, 6.45) is 2.17. The van der Waals surface area contributed by atoms with Crippen LogP contribution in [0.2, 0.25) is 0 Å². The lowest BCUT2D eigenvalue weighted by Crippen LogP contribution is -2.23. The summed E-state index contributed by atoms with van der Waals surface area (Å²) in [5.41, 5.74) is 3.54. The Balaban J connectivity index is 1.79. The van der Waals surface area contributed by atoms with Crippen LogP contribution in [0.1, 0.15) is 40.1 Å². The van der Waals surface area contributed by atoms with Gasteiger partial charge in [-0.25, -0.2) is 4.39 Å². The van der Waals surface area contributed by atoms with Crippen LogP contribution in [-0.2, 0) is 6.54 Å². The van der Waals surface area contributed by atoms with Crippen LogP contribution in [0.4, 0.5) is 4.39 Å². The van der Waals surface area contributed by atoms with E-state index < -0.39 is 6.17 Å². The van der Waals surface area contributed by atoms with Crippen molar-refractivity contribution in [2.24, 2.45) is 0 Å². The molecule has 1 aromatic carbocycles. The molecule has 2 heterocycles. The van der Waals surface area contributed by atoms with Gasteiger partial charge in [-0.1, -0.05) is 18.2 Å². The molecule has 24 heavy (non-hydrogen) atoms. The molecule has 0 aliphatic rings. The first-order valence-corrected chi connectivity index (χ1v) is 8.26. The molecule has 3 rings (SSSR count). The Kier molecular flexibility index (Phi) is 4.62. The van der Waals surface area contributed by atoms with Crippen molar-refractivity contribution >= 4 is 27.5 Å². The molecule has 0 radical (unpaired) electrons. The van der Waals surface area contributed by atoms with E-state index in [-0.39, 0.29) is 5.91 Å². The lowest BCUT2D eigenvalue weighted by Gasteiger charge is -2.13. The Morgan fingerprint density at radius 2 is 2.25 bits per heavy atom. The average Bonchev–Trinajstić information content (AvgIpc) is 3.02. The number of carbonyl (C=O) groups is 1. The van der Waals surface area contributed by atoms with Crippen LogP contribution < -0.4 is 5.32 Å². The predicted molar refractivity (Wildman–Crippen MR) is 92.6 cm³/mol. The van der Waals surface area contributed by atoms with E-state index in [1.54, 1.807) is 28.8 Å². The third-order valence-electron chi connectivity index (χ3n) is 3.97. The molecule has 0 saturated heterocycles. The molecule has 5 nitrogen and oxygen atoms in total. The normalized spacial score (nSPS) is 12.3. The fraction of sp³-hybridized carbons (Fsp3) is 0.235. The highest BCUT2D eigenvalue weighted by atomic mass is 79.9. The van der Waals surface area contributed by atoms with E-state index in [4.69, 9.17) is 0 Å². The first-order chi connectivity index (χ1) is 11.5. The standard InChI is InChI=1S/C17H16BrFN4O/c1-10-12(4-3-5-14(10)11(2)19)7-20-17(24)13-6-15(18)16-22-21-9-23(16)8-13/h3-6,8-9,11H,7H2,1-2H3,(H,20,24). The Morgan fingerprint density at radius 1 is 1.46 bits per heavy atom. The summed E-state index contributed by atoms with van der Waals surface area (Å²) in [5.74, 6) is -0.218. The summed E-state index contributed by atoms with van der Waals surface area (Å²) >= 11 is 3.38. The predicted octanol–water partition coefficient (Wildman–Crippen LogP) is 3.76. The quantitative estimate of drug-likeness (QED) is 0.737. The van der Waals surface area contributed by atoms with Crippen molar-refractivity contribution < 1.29 is 9.18 Å². The zero-order chi connectivity index (χ0) is 17.3. The molecule has 3 aromatic rings. The highest BCUT2D eigenvalue weighted by molar-refractivity contribution is 9.10. The molecular formula is C17H16BrFN4O. The van der Waals surface area contributed by atoms with E-state index in [9.17, 15) is 9.18 Å². The minimum atomic E-state index is -1.03. The highest BCUT2D eigenvalue weighted by Gasteiger charge is 2.13. The van der Waals surface area contributed by atoms with Crippen LogP contribution in [0.3, 0.4) is 0 Å². The molecule has 0 saturated carbocycles. The highest BCUT2D eigenvalue weighted by Crippen LogP contribution is 2.23. The summed E-state index contributed by atoms with van der Waals surface area (Å²) in [4.78, 5) is 12.4. The van der Waals surface area contributed by atoms with Gasteiger partial charge < -0.3 is 5.32 Å². The molecule has 0 spiro atoms. The van der Waals surface area contributed by atoms with Gasteiger partial charge in [0.15, 0.2) is 5.65 Å². The smallest absolute Gasteiger partial charge is 0.253 e. The monoisotopic (exact) mass is 390 g/mol. The molecule has 1 atom stereocenters. The molecule has 0 aliphatic carbocycles. The summed E-state index contributed by atoms with van der Waals surface area (Å²) in [6.45, 7) is 3.71. The topological polar surface area (TPSA) is 59.3 Å². The number of rotatable bonds is 4. The average molecular weight is 391 g/mol. The van der Waals surface area contributed by atoms with Gasteiger partial charge in [-0.2, -0.15) is 0 Å². The van der Waals surface area contributed by atoms with Crippen LogP contribution in [0.15, 0.2) is 41.3 Å². The Labute approximate surface area is 147 Å². The van der Waals surface area contributed by atoms with Crippen molar-refractivity contribution in [3.8, 4) is 0 Å². The van der Waals surface area contributed by atoms with Gasteiger partial charge in [-0.3, -0.25) is 9.20 Å². The number of hydrogen-bond donors (Lipinski definition) is 1. The number of amides is 1. The van der Waals surface area contributed by atoms with E-state index in [2.05, 4.69) is 31.4 Å². The molecular weight excluding hydrogens is 375 g/mol. The van der Waals surface area contributed by atoms with Gasteiger partial charge in [0.05, 0.1) is 10.0 Å². The molecule has 124 valence electrons. The molecule has 2 aromatic heterocycles. The Bertz CT molecular complexity index is 907. The van der Waals surface area contributed by atoms with Crippen LogP contribution >= 0.6 is 15.9 Å². The number of nitrogens with zero attached hydrogens (tertiary/aromatic N) is 3. The number of benzene rings is 1. The van der Waals surface area contributed by atoms with Crippen LogP contribution in [0, 0.1) is 6.92 Å². The van der Waals surface area contributed by atoms with Crippen molar-refractivity contribution in [2.45, 2.75) is 26.6 Å². The van der Waals surface area contributed by atoms with Crippen molar-refractivity contribution in [3.05, 3.63) is 63.5 Å². The number of pyridine rings is 1. The summed E-state index contributed by atoms with van der Waals surface area (Å²) in [5, 5.41) is 10.6. The first kappa shape index (κ1) is 16.6. The number of halogens is 2. The fourth-order valence-electron chi connectivity index (χ4n) is 2.62. The maximum Gasteiger partial charge on any atom is 0.253 e. The maximum absolute atomic E-state index is 13.6. The van der Waals surface area contributed by atoms with Gasteiger partial charge in [0, 0.05) is 12.7 Å². The SMILES string of the molecule is Cc1c(CNC(=O)c2cc(Br)c3nncn3c2)cccc1C(C)F. The minimum Gasteiger partial charge on any atom is -0.348 e. The zero-order valence-corrected chi connectivity index (χ0v) is 14.8. The second kappa shape index (κ2) is 6.68. The van der Waals surface area contributed by atoms with Crippen molar-refractivity contribution in [2.75, 3.05) is 0 Å². The van der Waals surface area contributed by atoms with Crippen LogP contribution in [0.25, 0.3) is 5.65 Å². The number of alkyl halides is 1. The maximum atomic E-state index is 13.6. The van der Waals surface area contributed by atoms with Crippen molar-refractivity contribution in [1.29, 1.82) is 0 Å². The molecule has 0 bridgehead atoms. The van der Waals surface area contributed by atoms with Crippen LogP contribution in [0.5, 0.6) is 0 Å². The first-order valence-electron chi connectivity index (χ1n) is 7.47. The molecule has 0 aliphatic heterocycles. The lowest BCUT2D eigenvalue weighted by atomic mass is 9.99. The van der Waals surface area contributed by atoms with E-state index in [1.807, 2.05) is 13.0 Å². The van der Waals surface area contributed by atoms with Gasteiger partial charge >= 0.3 is 0 Å². The molecule has 7 heteroatoms. The Morgan fingerprint density at radius 3 is 3.00 bits per heavy atom. The van der Waals surface area contributed by atoms with Gasteiger partial charge in [-0.05, 0) is 52.5 Å². The van der Waals surface area contributed by atoms with Gasteiger partial charge in [0.1, 0.15) is 12.5 Å². The third kappa shape index (κ3) is 3.17. The van der Waals surface area contributed by atoms with E-state index in [0.717, 1.165) is 11.1 Å². The minimum absolute atomic E-state index is 0.218. The van der Waals surface area contributed by atoms with Crippen molar-refractivity contribution in [3.63, 3.8) is 0 Å². The van der Waals surface area contributed by atoms with E-state index in [1.165, 1.54) is 13.3 Å². The second-order valence-corrected chi connectivity index (χ2v) is 6.42. The number of aromatic nitrogens is 3. The number of carbonyl (C=O) groups excluding carboxylic acids is 1. The molecule has 1 N–H and O–H groups in total. The number of fused-ring (bicyclic) bond motifs is 1. The van der Waals surface area contributed by atoms with Crippen LogP contribution in [-0.4, -0.2) is 20.5 Å². The summed E-state index contributed by atoms with van der Waals surface area (Å²) < 4.78 is 16.0.